The Hall–Kier alpha value is -0.650. The summed E-state index contributed by atoms with van der Waals surface area (Å²) in [6.45, 7) is 1.82. The lowest BCUT2D eigenvalue weighted by Crippen LogP contribution is -2.44. The van der Waals surface area contributed by atoms with Crippen LogP contribution in [0.3, 0.4) is 0 Å². The fourth-order valence-electron chi connectivity index (χ4n) is 1.47. The Labute approximate surface area is 83.7 Å². The number of hydrogen-bond acceptors (Lipinski definition) is 4. The van der Waals surface area contributed by atoms with Crippen molar-refractivity contribution in [2.24, 2.45) is 0 Å². The van der Waals surface area contributed by atoms with E-state index >= 15 is 0 Å². The van der Waals surface area contributed by atoms with Crippen molar-refractivity contribution in [3.8, 4) is 0 Å². The summed E-state index contributed by atoms with van der Waals surface area (Å²) in [4.78, 5) is 10.8. The Morgan fingerprint density at radius 2 is 2.36 bits per heavy atom. The van der Waals surface area contributed by atoms with Gasteiger partial charge in [-0.3, -0.25) is 4.79 Å². The average molecular weight is 203 g/mol. The maximum absolute atomic E-state index is 10.8. The molecular formula is C9H17NO4. The first-order chi connectivity index (χ1) is 6.62. The first kappa shape index (κ1) is 11.4. The maximum atomic E-state index is 10.8. The van der Waals surface area contributed by atoms with E-state index in [4.69, 9.17) is 14.2 Å². The topological polar surface area (TPSA) is 56.8 Å². The Balaban J connectivity index is 2.47. The summed E-state index contributed by atoms with van der Waals surface area (Å²) in [5.41, 5.74) is 0. The highest BCUT2D eigenvalue weighted by molar-refractivity contribution is 5.72. The lowest BCUT2D eigenvalue weighted by Gasteiger charge is -2.27. The fraction of sp³-hybridized carbons (Fsp3) is 0.889. The van der Waals surface area contributed by atoms with Crippen molar-refractivity contribution in [2.75, 3.05) is 20.8 Å². The minimum absolute atomic E-state index is 0.0918. The molecule has 0 saturated carbocycles. The molecule has 5 heteroatoms. The highest BCUT2D eigenvalue weighted by Crippen LogP contribution is 2.30. The molecule has 14 heavy (non-hydrogen) atoms. The van der Waals surface area contributed by atoms with Gasteiger partial charge in [0.15, 0.2) is 12.1 Å². The molecule has 0 bridgehead atoms. The highest BCUT2D eigenvalue weighted by atomic mass is 16.8. The van der Waals surface area contributed by atoms with Gasteiger partial charge < -0.3 is 19.5 Å². The van der Waals surface area contributed by atoms with Crippen LogP contribution in [0.4, 0.5) is 0 Å². The predicted octanol–water partition coefficient (Wildman–Crippen LogP) is 0.248. The summed E-state index contributed by atoms with van der Waals surface area (Å²) in [7, 11) is 3.16. The molecular weight excluding hydrogens is 186 g/mol. The zero-order valence-corrected chi connectivity index (χ0v) is 8.83. The van der Waals surface area contributed by atoms with Crippen molar-refractivity contribution in [2.45, 2.75) is 31.8 Å². The van der Waals surface area contributed by atoms with Gasteiger partial charge >= 0.3 is 0 Å². The smallest absolute Gasteiger partial charge is 0.217 e. The van der Waals surface area contributed by atoms with Crippen LogP contribution < -0.4 is 5.32 Å². The van der Waals surface area contributed by atoms with E-state index in [1.807, 2.05) is 0 Å². The molecule has 2 atom stereocenters. The van der Waals surface area contributed by atoms with Crippen LogP contribution in [0, 0.1) is 0 Å². The third-order valence-corrected chi connectivity index (χ3v) is 2.35. The van der Waals surface area contributed by atoms with Gasteiger partial charge in [0.1, 0.15) is 0 Å². The van der Waals surface area contributed by atoms with Gasteiger partial charge in [0.2, 0.25) is 5.91 Å². The molecule has 1 aliphatic rings. The number of rotatable bonds is 4. The Morgan fingerprint density at radius 1 is 1.64 bits per heavy atom. The Bertz CT molecular complexity index is 209. The summed E-state index contributed by atoms with van der Waals surface area (Å²) < 4.78 is 15.9. The molecule has 1 N–H and O–H groups in total. The van der Waals surface area contributed by atoms with Crippen LogP contribution in [0.15, 0.2) is 0 Å². The van der Waals surface area contributed by atoms with Gasteiger partial charge in [-0.15, -0.1) is 0 Å². The van der Waals surface area contributed by atoms with E-state index in [2.05, 4.69) is 5.32 Å². The maximum Gasteiger partial charge on any atom is 0.217 e. The van der Waals surface area contributed by atoms with Gasteiger partial charge in [-0.1, -0.05) is 0 Å². The van der Waals surface area contributed by atoms with Gasteiger partial charge in [0.05, 0.1) is 6.54 Å². The zero-order valence-electron chi connectivity index (χ0n) is 8.83. The second kappa shape index (κ2) is 4.72. The molecule has 0 radical (unpaired) electrons. The van der Waals surface area contributed by atoms with Crippen molar-refractivity contribution in [3.05, 3.63) is 0 Å². The number of ether oxygens (including phenoxy) is 3. The third kappa shape index (κ3) is 2.67. The predicted molar refractivity (Wildman–Crippen MR) is 49.5 cm³/mol. The molecule has 0 aliphatic carbocycles. The number of hydrogen-bond donors (Lipinski definition) is 1. The van der Waals surface area contributed by atoms with E-state index < -0.39 is 5.79 Å². The minimum atomic E-state index is -0.716. The van der Waals surface area contributed by atoms with Crippen molar-refractivity contribution >= 4 is 5.91 Å². The van der Waals surface area contributed by atoms with Crippen LogP contribution in [0.25, 0.3) is 0 Å². The number of carbonyl (C=O) groups is 1. The second-order valence-electron chi connectivity index (χ2n) is 3.35. The zero-order chi connectivity index (χ0) is 10.6. The second-order valence-corrected chi connectivity index (χ2v) is 3.35. The first-order valence-corrected chi connectivity index (χ1v) is 4.62. The van der Waals surface area contributed by atoms with E-state index in [0.717, 1.165) is 12.8 Å². The number of amides is 1. The Kier molecular flexibility index (Phi) is 3.86. The van der Waals surface area contributed by atoms with Crippen LogP contribution >= 0.6 is 0 Å². The number of carbonyl (C=O) groups excluding carboxylic acids is 1. The van der Waals surface area contributed by atoms with Crippen molar-refractivity contribution in [3.63, 3.8) is 0 Å². The van der Waals surface area contributed by atoms with E-state index in [1.165, 1.54) is 6.92 Å². The van der Waals surface area contributed by atoms with Crippen molar-refractivity contribution in [1.82, 2.24) is 5.32 Å². The van der Waals surface area contributed by atoms with Gasteiger partial charge in [-0.25, -0.2) is 0 Å². The number of methoxy groups -OCH3 is 2. The van der Waals surface area contributed by atoms with E-state index in [0.29, 0.717) is 6.54 Å². The standard InChI is InChI=1S/C9H17NO4/c1-7(11)10-6-9(13-3)5-4-8(12-2)14-9/h8H,4-6H2,1-3H3,(H,10,11)/t8-,9+/m0/s1. The Morgan fingerprint density at radius 3 is 2.79 bits per heavy atom. The summed E-state index contributed by atoms with van der Waals surface area (Å²) in [5.74, 6) is -0.808. The van der Waals surface area contributed by atoms with Crippen LogP contribution in [-0.2, 0) is 19.0 Å². The SMILES string of the molecule is CO[C@@H]1CC[C@@](CNC(C)=O)(OC)O1. The lowest BCUT2D eigenvalue weighted by atomic mass is 10.2. The summed E-state index contributed by atoms with van der Waals surface area (Å²) in [6, 6.07) is 0. The molecule has 1 aliphatic heterocycles. The van der Waals surface area contributed by atoms with Gasteiger partial charge in [0, 0.05) is 34.0 Å². The van der Waals surface area contributed by atoms with Crippen LogP contribution in [0.1, 0.15) is 19.8 Å². The van der Waals surface area contributed by atoms with Crippen molar-refractivity contribution in [1.29, 1.82) is 0 Å². The molecule has 1 rings (SSSR count). The third-order valence-electron chi connectivity index (χ3n) is 2.35. The molecule has 1 heterocycles. The quantitative estimate of drug-likeness (QED) is 0.711. The molecule has 0 unspecified atom stereocenters. The van der Waals surface area contributed by atoms with Crippen LogP contribution in [0.5, 0.6) is 0 Å². The minimum Gasteiger partial charge on any atom is -0.356 e. The largest absolute Gasteiger partial charge is 0.356 e. The monoisotopic (exact) mass is 203 g/mol. The number of nitrogens with one attached hydrogen (secondary N) is 1. The molecule has 1 amide bonds. The summed E-state index contributed by atoms with van der Waals surface area (Å²) in [6.07, 6.45) is 1.27. The van der Waals surface area contributed by atoms with Gasteiger partial charge in [-0.2, -0.15) is 0 Å². The van der Waals surface area contributed by atoms with Crippen LogP contribution in [0.2, 0.25) is 0 Å². The van der Waals surface area contributed by atoms with E-state index in [1.54, 1.807) is 14.2 Å². The highest BCUT2D eigenvalue weighted by Gasteiger charge is 2.40. The normalized spacial score (nSPS) is 31.8. The molecule has 1 saturated heterocycles. The molecule has 0 aromatic carbocycles. The average Bonchev–Trinajstić information content (AvgIpc) is 2.59. The summed E-state index contributed by atoms with van der Waals surface area (Å²) >= 11 is 0. The van der Waals surface area contributed by atoms with E-state index in [-0.39, 0.29) is 12.2 Å². The van der Waals surface area contributed by atoms with Gasteiger partial charge in [-0.05, 0) is 0 Å². The molecule has 0 aromatic rings. The molecule has 0 spiro atoms. The molecule has 0 aromatic heterocycles. The summed E-state index contributed by atoms with van der Waals surface area (Å²) in [5, 5.41) is 2.68. The first-order valence-electron chi connectivity index (χ1n) is 4.62. The van der Waals surface area contributed by atoms with Gasteiger partial charge in [0.25, 0.3) is 0 Å². The fourth-order valence-corrected chi connectivity index (χ4v) is 1.47. The molecule has 1 fully saturated rings. The van der Waals surface area contributed by atoms with Crippen LogP contribution in [-0.4, -0.2) is 38.7 Å². The van der Waals surface area contributed by atoms with Crippen molar-refractivity contribution < 1.29 is 19.0 Å². The lowest BCUT2D eigenvalue weighted by molar-refractivity contribution is -0.252. The molecule has 5 nitrogen and oxygen atoms in total. The molecule has 82 valence electrons. The van der Waals surface area contributed by atoms with E-state index in [9.17, 15) is 4.79 Å².